The molecular formula is C12H18O3. The second kappa shape index (κ2) is 4.35. The number of allylic oxidation sites excluding steroid dienone is 2. The van der Waals surface area contributed by atoms with Crippen LogP contribution >= 0.6 is 0 Å². The zero-order valence-electron chi connectivity index (χ0n) is 9.31. The molecule has 2 rings (SSSR count). The molecule has 0 radical (unpaired) electrons. The summed E-state index contributed by atoms with van der Waals surface area (Å²) >= 11 is 0. The van der Waals surface area contributed by atoms with Crippen LogP contribution in [0.1, 0.15) is 19.8 Å². The van der Waals surface area contributed by atoms with Gasteiger partial charge in [-0.15, -0.1) is 0 Å². The van der Waals surface area contributed by atoms with Gasteiger partial charge in [-0.2, -0.15) is 0 Å². The van der Waals surface area contributed by atoms with Gasteiger partial charge in [-0.3, -0.25) is 4.79 Å². The Labute approximate surface area is 90.4 Å². The molecule has 0 aromatic carbocycles. The lowest BCUT2D eigenvalue weighted by Gasteiger charge is -2.27. The number of rotatable bonds is 4. The van der Waals surface area contributed by atoms with Crippen molar-refractivity contribution < 1.29 is 14.3 Å². The highest BCUT2D eigenvalue weighted by Crippen LogP contribution is 2.45. The highest BCUT2D eigenvalue weighted by molar-refractivity contribution is 5.66. The van der Waals surface area contributed by atoms with E-state index in [0.717, 1.165) is 6.42 Å². The topological polar surface area (TPSA) is 35.5 Å². The Bertz CT molecular complexity index is 272. The summed E-state index contributed by atoms with van der Waals surface area (Å²) in [5, 5.41) is 0. The molecule has 0 heterocycles. The van der Waals surface area contributed by atoms with E-state index < -0.39 is 0 Å². The summed E-state index contributed by atoms with van der Waals surface area (Å²) in [7, 11) is 1.65. The molecule has 0 N–H and O–H groups in total. The maximum absolute atomic E-state index is 11.0. The van der Waals surface area contributed by atoms with Gasteiger partial charge in [0, 0.05) is 20.0 Å². The molecular weight excluding hydrogens is 192 g/mol. The monoisotopic (exact) mass is 210 g/mol. The van der Waals surface area contributed by atoms with Crippen LogP contribution in [0.2, 0.25) is 0 Å². The predicted molar refractivity (Wildman–Crippen MR) is 56.3 cm³/mol. The minimum atomic E-state index is -0.205. The molecule has 0 spiro atoms. The average molecular weight is 210 g/mol. The molecule has 2 bridgehead atoms. The first kappa shape index (κ1) is 10.7. The maximum Gasteiger partial charge on any atom is 0.302 e. The van der Waals surface area contributed by atoms with Crippen molar-refractivity contribution in [2.45, 2.75) is 25.9 Å². The number of ether oxygens (including phenoxy) is 2. The summed E-state index contributed by atoms with van der Waals surface area (Å²) in [6.07, 6.45) is 6.87. The zero-order valence-corrected chi connectivity index (χ0v) is 9.31. The largest absolute Gasteiger partial charge is 0.460 e. The molecule has 0 aromatic heterocycles. The van der Waals surface area contributed by atoms with E-state index in [9.17, 15) is 4.79 Å². The van der Waals surface area contributed by atoms with Gasteiger partial charge in [0.15, 0.2) is 0 Å². The van der Waals surface area contributed by atoms with E-state index in [0.29, 0.717) is 24.4 Å². The number of methoxy groups -OCH3 is 1. The second-order valence-corrected chi connectivity index (χ2v) is 4.55. The second-order valence-electron chi connectivity index (χ2n) is 4.55. The van der Waals surface area contributed by atoms with Crippen molar-refractivity contribution in [1.29, 1.82) is 0 Å². The van der Waals surface area contributed by atoms with Gasteiger partial charge in [-0.1, -0.05) is 12.2 Å². The van der Waals surface area contributed by atoms with Crippen LogP contribution in [-0.2, 0) is 14.3 Å². The van der Waals surface area contributed by atoms with Crippen LogP contribution in [-0.4, -0.2) is 25.8 Å². The van der Waals surface area contributed by atoms with Crippen molar-refractivity contribution in [3.05, 3.63) is 12.2 Å². The van der Waals surface area contributed by atoms with Gasteiger partial charge < -0.3 is 9.47 Å². The summed E-state index contributed by atoms with van der Waals surface area (Å²) in [5.74, 6) is 1.55. The zero-order chi connectivity index (χ0) is 10.8. The lowest BCUT2D eigenvalue weighted by atomic mass is 9.88. The first-order valence-corrected chi connectivity index (χ1v) is 5.55. The molecule has 2 aliphatic rings. The lowest BCUT2D eigenvalue weighted by molar-refractivity contribution is -0.153. The van der Waals surface area contributed by atoms with Gasteiger partial charge in [-0.25, -0.2) is 0 Å². The smallest absolute Gasteiger partial charge is 0.302 e. The van der Waals surface area contributed by atoms with Gasteiger partial charge >= 0.3 is 5.97 Å². The fraction of sp³-hybridized carbons (Fsp3) is 0.750. The molecule has 0 saturated heterocycles. The first-order chi connectivity index (χ1) is 7.20. The molecule has 1 saturated carbocycles. The van der Waals surface area contributed by atoms with Crippen molar-refractivity contribution in [2.75, 3.05) is 13.7 Å². The van der Waals surface area contributed by atoms with E-state index in [1.165, 1.54) is 13.3 Å². The standard InChI is InChI=1S/C12H18O3/c1-8(13)15-12(7-14-2)11-6-9-3-4-10(11)5-9/h3-4,9-12H,5-7H2,1-2H3/t9?,10?,11?,12-/m0/s1. The van der Waals surface area contributed by atoms with Crippen molar-refractivity contribution in [3.63, 3.8) is 0 Å². The van der Waals surface area contributed by atoms with E-state index in [1.54, 1.807) is 7.11 Å². The summed E-state index contributed by atoms with van der Waals surface area (Å²) in [6.45, 7) is 1.98. The lowest BCUT2D eigenvalue weighted by Crippen LogP contribution is -2.32. The minimum absolute atomic E-state index is 0.0625. The van der Waals surface area contributed by atoms with Crippen molar-refractivity contribution >= 4 is 5.97 Å². The molecule has 84 valence electrons. The van der Waals surface area contributed by atoms with E-state index in [2.05, 4.69) is 12.2 Å². The summed E-state index contributed by atoms with van der Waals surface area (Å²) < 4.78 is 10.5. The number of esters is 1. The number of hydrogen-bond donors (Lipinski definition) is 0. The van der Waals surface area contributed by atoms with E-state index in [1.807, 2.05) is 0 Å². The number of carbonyl (C=O) groups excluding carboxylic acids is 1. The van der Waals surface area contributed by atoms with Crippen LogP contribution < -0.4 is 0 Å². The van der Waals surface area contributed by atoms with Crippen LogP contribution in [0.4, 0.5) is 0 Å². The SMILES string of the molecule is COC[C@H](OC(C)=O)C1CC2C=CC1C2. The van der Waals surface area contributed by atoms with Gasteiger partial charge in [0.25, 0.3) is 0 Å². The Morgan fingerprint density at radius 1 is 1.47 bits per heavy atom. The van der Waals surface area contributed by atoms with Gasteiger partial charge in [0.05, 0.1) is 6.61 Å². The highest BCUT2D eigenvalue weighted by atomic mass is 16.6. The Balaban J connectivity index is 1.98. The molecule has 0 aliphatic heterocycles. The molecule has 3 heteroatoms. The number of carbonyl (C=O) groups is 1. The third kappa shape index (κ3) is 2.23. The Hall–Kier alpha value is -0.830. The summed E-state index contributed by atoms with van der Waals surface area (Å²) in [4.78, 5) is 11.0. The van der Waals surface area contributed by atoms with Gasteiger partial charge in [-0.05, 0) is 24.7 Å². The van der Waals surface area contributed by atoms with Gasteiger partial charge in [0.2, 0.25) is 0 Å². The molecule has 0 aromatic rings. The molecule has 2 aliphatic carbocycles. The fourth-order valence-electron chi connectivity index (χ4n) is 2.87. The van der Waals surface area contributed by atoms with Crippen LogP contribution in [0, 0.1) is 17.8 Å². The van der Waals surface area contributed by atoms with Gasteiger partial charge in [0.1, 0.15) is 6.10 Å². The Morgan fingerprint density at radius 3 is 2.73 bits per heavy atom. The third-order valence-corrected chi connectivity index (χ3v) is 3.46. The summed E-state index contributed by atoms with van der Waals surface area (Å²) in [6, 6.07) is 0. The Kier molecular flexibility index (Phi) is 3.10. The number of hydrogen-bond acceptors (Lipinski definition) is 3. The van der Waals surface area contributed by atoms with E-state index in [-0.39, 0.29) is 12.1 Å². The summed E-state index contributed by atoms with van der Waals surface area (Å²) in [5.41, 5.74) is 0. The van der Waals surface area contributed by atoms with E-state index in [4.69, 9.17) is 9.47 Å². The molecule has 15 heavy (non-hydrogen) atoms. The maximum atomic E-state index is 11.0. The van der Waals surface area contributed by atoms with Crippen LogP contribution in [0.15, 0.2) is 12.2 Å². The molecule has 3 nitrogen and oxygen atoms in total. The van der Waals surface area contributed by atoms with Crippen LogP contribution in [0.5, 0.6) is 0 Å². The number of fused-ring (bicyclic) bond motifs is 2. The first-order valence-electron chi connectivity index (χ1n) is 5.55. The quantitative estimate of drug-likeness (QED) is 0.524. The van der Waals surface area contributed by atoms with Crippen molar-refractivity contribution in [1.82, 2.24) is 0 Å². The molecule has 1 fully saturated rings. The minimum Gasteiger partial charge on any atom is -0.460 e. The normalized spacial score (nSPS) is 34.4. The van der Waals surface area contributed by atoms with Crippen molar-refractivity contribution in [2.24, 2.45) is 17.8 Å². The third-order valence-electron chi connectivity index (χ3n) is 3.46. The van der Waals surface area contributed by atoms with E-state index >= 15 is 0 Å². The van der Waals surface area contributed by atoms with Crippen LogP contribution in [0.25, 0.3) is 0 Å². The predicted octanol–water partition coefficient (Wildman–Crippen LogP) is 1.78. The average Bonchev–Trinajstić information content (AvgIpc) is 2.77. The molecule has 0 amide bonds. The molecule has 4 atom stereocenters. The Morgan fingerprint density at radius 2 is 2.27 bits per heavy atom. The molecule has 3 unspecified atom stereocenters. The van der Waals surface area contributed by atoms with Crippen LogP contribution in [0.3, 0.4) is 0 Å². The fourth-order valence-corrected chi connectivity index (χ4v) is 2.87. The van der Waals surface area contributed by atoms with Crippen molar-refractivity contribution in [3.8, 4) is 0 Å². The highest BCUT2D eigenvalue weighted by Gasteiger charge is 2.41.